The fourth-order valence-corrected chi connectivity index (χ4v) is 4.75. The van der Waals surface area contributed by atoms with Gasteiger partial charge >= 0.3 is 12.3 Å². The highest BCUT2D eigenvalue weighted by Gasteiger charge is 2.35. The molecule has 1 amide bonds. The maximum absolute atomic E-state index is 13.1. The number of fused-ring (bicyclic) bond motifs is 1. The summed E-state index contributed by atoms with van der Waals surface area (Å²) in [5.41, 5.74) is 1.46. The minimum Gasteiger partial charge on any atom is -0.473 e. The number of ether oxygens (including phenoxy) is 1. The second kappa shape index (κ2) is 10.0. The number of anilines is 1. The minimum absolute atomic E-state index is 0.123. The topological polar surface area (TPSA) is 133 Å². The molecule has 4 aromatic rings. The molecule has 0 saturated heterocycles. The minimum atomic E-state index is -4.74. The third kappa shape index (κ3) is 5.56. The number of hydrogen-bond donors (Lipinski definition) is 1. The third-order valence-corrected chi connectivity index (χ3v) is 6.61. The van der Waals surface area contributed by atoms with E-state index in [-0.39, 0.29) is 28.4 Å². The van der Waals surface area contributed by atoms with Crippen LogP contribution in [-0.4, -0.2) is 64.4 Å². The lowest BCUT2D eigenvalue weighted by Crippen LogP contribution is -2.38. The molecule has 1 aliphatic carbocycles. The number of aryl methyl sites for hydroxylation is 2. The van der Waals surface area contributed by atoms with Crippen molar-refractivity contribution < 1.29 is 27.8 Å². The van der Waals surface area contributed by atoms with Crippen molar-refractivity contribution in [1.29, 1.82) is 0 Å². The molecular formula is C24H25F3N8O4. The maximum atomic E-state index is 13.1. The van der Waals surface area contributed by atoms with Gasteiger partial charge in [-0.2, -0.15) is 23.4 Å². The third-order valence-electron chi connectivity index (χ3n) is 6.61. The Morgan fingerprint density at radius 2 is 1.90 bits per heavy atom. The number of hydrogen-bond acceptors (Lipinski definition) is 7. The molecule has 1 saturated carbocycles. The standard InChI is InChI=1S/C24H25F3N8O4/c1-32-12-14(10-29-32)22-17-11-28-19(34(23(37)38)13-24(25,26)27)9-18(17)35(31-22)15-3-5-16(6-4-15)39-20-7-8-21(36)33(2)30-20/h7-12,15-16H,3-6,13H2,1-2H3,(H,37,38)/t15-,16+. The zero-order chi connectivity index (χ0) is 27.9. The zero-order valence-corrected chi connectivity index (χ0v) is 21.0. The van der Waals surface area contributed by atoms with Crippen LogP contribution in [0.3, 0.4) is 0 Å². The van der Waals surface area contributed by atoms with E-state index < -0.39 is 18.8 Å². The summed E-state index contributed by atoms with van der Waals surface area (Å²) in [6.45, 7) is -1.69. The van der Waals surface area contributed by atoms with Gasteiger partial charge < -0.3 is 9.84 Å². The van der Waals surface area contributed by atoms with Crippen LogP contribution in [0.1, 0.15) is 31.7 Å². The molecule has 206 valence electrons. The van der Waals surface area contributed by atoms with Gasteiger partial charge in [0.15, 0.2) is 0 Å². The number of carboxylic acid groups (broad SMARTS) is 1. The van der Waals surface area contributed by atoms with Crippen molar-refractivity contribution in [1.82, 2.24) is 34.3 Å². The maximum Gasteiger partial charge on any atom is 0.413 e. The van der Waals surface area contributed by atoms with Gasteiger partial charge in [0.25, 0.3) is 5.56 Å². The van der Waals surface area contributed by atoms with E-state index in [2.05, 4.69) is 15.2 Å². The smallest absolute Gasteiger partial charge is 0.413 e. The molecule has 1 fully saturated rings. The molecule has 0 atom stereocenters. The number of rotatable bonds is 6. The monoisotopic (exact) mass is 546 g/mol. The fraction of sp³-hybridized carbons (Fsp3) is 0.417. The van der Waals surface area contributed by atoms with Crippen LogP contribution < -0.4 is 15.2 Å². The van der Waals surface area contributed by atoms with Crippen molar-refractivity contribution in [3.05, 3.63) is 47.1 Å². The number of nitrogens with zero attached hydrogens (tertiary/aromatic N) is 8. The Kier molecular flexibility index (Phi) is 6.74. The van der Waals surface area contributed by atoms with Crippen molar-refractivity contribution in [2.24, 2.45) is 14.1 Å². The van der Waals surface area contributed by atoms with Gasteiger partial charge in [0.1, 0.15) is 24.2 Å². The van der Waals surface area contributed by atoms with E-state index in [4.69, 9.17) is 9.84 Å². The van der Waals surface area contributed by atoms with E-state index in [1.54, 1.807) is 28.8 Å². The Bertz CT molecular complexity index is 1570. The number of alkyl halides is 3. The van der Waals surface area contributed by atoms with E-state index in [9.17, 15) is 27.9 Å². The molecule has 0 unspecified atom stereocenters. The molecule has 5 rings (SSSR count). The van der Waals surface area contributed by atoms with E-state index in [0.717, 1.165) is 0 Å². The molecule has 1 aliphatic rings. The normalized spacial score (nSPS) is 17.9. The van der Waals surface area contributed by atoms with Crippen molar-refractivity contribution in [2.75, 3.05) is 11.4 Å². The van der Waals surface area contributed by atoms with Crippen LogP contribution in [0.5, 0.6) is 5.88 Å². The first-order valence-corrected chi connectivity index (χ1v) is 12.1. The molecule has 1 N–H and O–H groups in total. The van der Waals surface area contributed by atoms with Crippen LogP contribution in [0, 0.1) is 0 Å². The van der Waals surface area contributed by atoms with Gasteiger partial charge in [-0.25, -0.2) is 14.5 Å². The van der Waals surface area contributed by atoms with Crippen molar-refractivity contribution in [2.45, 2.75) is 44.0 Å². The summed E-state index contributed by atoms with van der Waals surface area (Å²) in [6.07, 6.45) is 0.663. The average Bonchev–Trinajstić information content (AvgIpc) is 3.48. The first kappa shape index (κ1) is 26.2. The van der Waals surface area contributed by atoms with Gasteiger partial charge in [0, 0.05) is 55.6 Å². The molecule has 0 bridgehead atoms. The summed E-state index contributed by atoms with van der Waals surface area (Å²) in [6, 6.07) is 4.12. The average molecular weight is 547 g/mol. The molecule has 4 heterocycles. The first-order chi connectivity index (χ1) is 18.5. The van der Waals surface area contributed by atoms with Crippen molar-refractivity contribution in [3.8, 4) is 17.1 Å². The molecule has 0 aliphatic heterocycles. The Balaban J connectivity index is 1.46. The van der Waals surface area contributed by atoms with Crippen LogP contribution in [0.2, 0.25) is 0 Å². The summed E-state index contributed by atoms with van der Waals surface area (Å²) in [5, 5.41) is 23.1. The highest BCUT2D eigenvalue weighted by Crippen LogP contribution is 2.37. The largest absolute Gasteiger partial charge is 0.473 e. The predicted molar refractivity (Wildman–Crippen MR) is 133 cm³/mol. The Morgan fingerprint density at radius 3 is 2.51 bits per heavy atom. The number of aromatic nitrogens is 7. The SMILES string of the molecule is Cn1cc(-c2nn([C@H]3CC[C@@H](Oc4ccc(=O)n(C)n4)CC3)c3cc(N(CC(F)(F)F)C(=O)O)ncc23)cn1. The number of pyridine rings is 1. The zero-order valence-electron chi connectivity index (χ0n) is 21.0. The van der Waals surface area contributed by atoms with Gasteiger partial charge in [-0.1, -0.05) is 0 Å². The van der Waals surface area contributed by atoms with E-state index in [1.165, 1.54) is 36.1 Å². The second-order valence-corrected chi connectivity index (χ2v) is 9.42. The van der Waals surface area contributed by atoms with E-state index in [1.807, 2.05) is 0 Å². The van der Waals surface area contributed by atoms with Gasteiger partial charge in [-0.15, -0.1) is 5.10 Å². The number of halogens is 3. The molecule has 39 heavy (non-hydrogen) atoms. The number of amides is 1. The summed E-state index contributed by atoms with van der Waals surface area (Å²) < 4.78 is 49.8. The van der Waals surface area contributed by atoms with Gasteiger partial charge in [0.2, 0.25) is 5.88 Å². The molecule has 4 aromatic heterocycles. The van der Waals surface area contributed by atoms with Gasteiger partial charge in [-0.05, 0) is 25.7 Å². The lowest BCUT2D eigenvalue weighted by atomic mass is 9.93. The molecular weight excluding hydrogens is 521 g/mol. The molecule has 12 nitrogen and oxygen atoms in total. The Morgan fingerprint density at radius 1 is 1.15 bits per heavy atom. The summed E-state index contributed by atoms with van der Waals surface area (Å²) >= 11 is 0. The van der Waals surface area contributed by atoms with Crippen LogP contribution in [0.4, 0.5) is 23.8 Å². The lowest BCUT2D eigenvalue weighted by Gasteiger charge is -2.29. The van der Waals surface area contributed by atoms with Crippen LogP contribution >= 0.6 is 0 Å². The Labute approximate surface area is 219 Å². The summed E-state index contributed by atoms with van der Waals surface area (Å²) in [7, 11) is 3.29. The van der Waals surface area contributed by atoms with Crippen LogP contribution in [0.25, 0.3) is 22.2 Å². The molecule has 0 spiro atoms. The predicted octanol–water partition coefficient (Wildman–Crippen LogP) is 3.53. The summed E-state index contributed by atoms with van der Waals surface area (Å²) in [5.74, 6) is 0.00194. The van der Waals surface area contributed by atoms with Crippen LogP contribution in [0.15, 0.2) is 41.6 Å². The van der Waals surface area contributed by atoms with Gasteiger partial charge in [0.05, 0.1) is 17.8 Å². The highest BCUT2D eigenvalue weighted by molar-refractivity contribution is 5.95. The van der Waals surface area contributed by atoms with Crippen LogP contribution in [-0.2, 0) is 14.1 Å². The van der Waals surface area contributed by atoms with E-state index in [0.29, 0.717) is 53.7 Å². The van der Waals surface area contributed by atoms with E-state index >= 15 is 0 Å². The molecule has 15 heteroatoms. The highest BCUT2D eigenvalue weighted by atomic mass is 19.4. The Hall–Kier alpha value is -4.43. The fourth-order valence-electron chi connectivity index (χ4n) is 4.75. The molecule has 0 radical (unpaired) electrons. The number of carbonyl (C=O) groups is 1. The molecule has 0 aromatic carbocycles. The van der Waals surface area contributed by atoms with Crippen molar-refractivity contribution >= 4 is 22.8 Å². The summed E-state index contributed by atoms with van der Waals surface area (Å²) in [4.78, 5) is 27.5. The van der Waals surface area contributed by atoms with Gasteiger partial charge in [-0.3, -0.25) is 19.1 Å². The second-order valence-electron chi connectivity index (χ2n) is 9.42. The lowest BCUT2D eigenvalue weighted by molar-refractivity contribution is -0.119. The van der Waals surface area contributed by atoms with Crippen molar-refractivity contribution in [3.63, 3.8) is 0 Å². The first-order valence-electron chi connectivity index (χ1n) is 12.1. The quantitative estimate of drug-likeness (QED) is 0.388.